The number of hydrogen-bond donors (Lipinski definition) is 8. The molecule has 208 valence electrons. The summed E-state index contributed by atoms with van der Waals surface area (Å²) in [5.74, 6) is -3.44. The zero-order valence-electron chi connectivity index (χ0n) is 21.5. The molecule has 0 aliphatic rings. The van der Waals surface area contributed by atoms with Crippen molar-refractivity contribution in [1.82, 2.24) is 20.9 Å². The van der Waals surface area contributed by atoms with Crippen LogP contribution in [0.1, 0.15) is 25.0 Å². The molecule has 3 aromatic rings. The van der Waals surface area contributed by atoms with Crippen molar-refractivity contribution in [1.29, 1.82) is 0 Å². The van der Waals surface area contributed by atoms with Crippen LogP contribution < -0.4 is 21.7 Å². The summed E-state index contributed by atoms with van der Waals surface area (Å²) in [6, 6.07) is 8.47. The van der Waals surface area contributed by atoms with Crippen LogP contribution in [0.25, 0.3) is 10.9 Å². The number of phenolic OH excluding ortho intramolecular Hbond substituents is 1. The maximum absolute atomic E-state index is 13.1. The molecule has 12 nitrogen and oxygen atoms in total. The molecule has 0 aliphatic carbocycles. The molecular formula is C27H33N5O7. The van der Waals surface area contributed by atoms with Gasteiger partial charge in [0.15, 0.2) is 0 Å². The molecule has 9 N–H and O–H groups in total. The van der Waals surface area contributed by atoms with Gasteiger partial charge in [0.25, 0.3) is 0 Å². The Morgan fingerprint density at radius 2 is 1.51 bits per heavy atom. The van der Waals surface area contributed by atoms with E-state index in [2.05, 4.69) is 20.9 Å². The van der Waals surface area contributed by atoms with Gasteiger partial charge in [0, 0.05) is 29.9 Å². The molecule has 0 bridgehead atoms. The third-order valence-corrected chi connectivity index (χ3v) is 6.30. The minimum absolute atomic E-state index is 0.00294. The first-order valence-corrected chi connectivity index (χ1v) is 12.4. The predicted molar refractivity (Wildman–Crippen MR) is 143 cm³/mol. The first kappa shape index (κ1) is 29.1. The number of aromatic amines is 1. The first-order valence-electron chi connectivity index (χ1n) is 12.4. The van der Waals surface area contributed by atoms with Crippen molar-refractivity contribution < 1.29 is 34.5 Å². The number of aliphatic hydroxyl groups excluding tert-OH is 1. The summed E-state index contributed by atoms with van der Waals surface area (Å²) in [5.41, 5.74) is 7.84. The number of carbonyl (C=O) groups is 4. The molecule has 0 spiro atoms. The zero-order chi connectivity index (χ0) is 28.7. The maximum Gasteiger partial charge on any atom is 0.326 e. The molecule has 1 heterocycles. The van der Waals surface area contributed by atoms with Crippen molar-refractivity contribution in [3.8, 4) is 5.75 Å². The smallest absolute Gasteiger partial charge is 0.326 e. The van der Waals surface area contributed by atoms with Gasteiger partial charge in [-0.2, -0.15) is 0 Å². The number of carboxylic acid groups (broad SMARTS) is 1. The van der Waals surface area contributed by atoms with Crippen LogP contribution in [0, 0.1) is 0 Å². The fourth-order valence-corrected chi connectivity index (χ4v) is 3.96. The lowest BCUT2D eigenvalue weighted by molar-refractivity contribution is -0.142. The lowest BCUT2D eigenvalue weighted by Gasteiger charge is -2.24. The number of aromatic nitrogens is 1. The Labute approximate surface area is 224 Å². The largest absolute Gasteiger partial charge is 0.508 e. The number of aromatic hydroxyl groups is 1. The van der Waals surface area contributed by atoms with Gasteiger partial charge in [-0.1, -0.05) is 30.3 Å². The Hall–Kier alpha value is -4.42. The number of phenols is 1. The van der Waals surface area contributed by atoms with Gasteiger partial charge in [-0.15, -0.1) is 0 Å². The van der Waals surface area contributed by atoms with Gasteiger partial charge in [-0.25, -0.2) is 4.79 Å². The minimum atomic E-state index is -1.29. The second-order valence-corrected chi connectivity index (χ2v) is 9.39. The van der Waals surface area contributed by atoms with Crippen LogP contribution >= 0.6 is 0 Å². The van der Waals surface area contributed by atoms with Crippen molar-refractivity contribution in [2.75, 3.05) is 0 Å². The van der Waals surface area contributed by atoms with Crippen molar-refractivity contribution >= 4 is 34.6 Å². The number of rotatable bonds is 12. The van der Waals surface area contributed by atoms with Crippen LogP contribution in [0.15, 0.2) is 54.7 Å². The molecule has 0 saturated heterocycles. The minimum Gasteiger partial charge on any atom is -0.508 e. The van der Waals surface area contributed by atoms with E-state index in [4.69, 9.17) is 5.73 Å². The Balaban J connectivity index is 1.69. The van der Waals surface area contributed by atoms with Gasteiger partial charge in [-0.3, -0.25) is 14.4 Å². The van der Waals surface area contributed by atoms with Crippen molar-refractivity contribution in [2.45, 2.75) is 57.0 Å². The van der Waals surface area contributed by atoms with E-state index in [9.17, 15) is 34.5 Å². The lowest BCUT2D eigenvalue weighted by Crippen LogP contribution is -2.58. The van der Waals surface area contributed by atoms with Gasteiger partial charge in [0.05, 0.1) is 6.10 Å². The maximum atomic E-state index is 13.1. The number of benzene rings is 2. The van der Waals surface area contributed by atoms with Crippen LogP contribution in [0.4, 0.5) is 0 Å². The molecule has 3 amide bonds. The predicted octanol–water partition coefficient (Wildman–Crippen LogP) is -0.0743. The monoisotopic (exact) mass is 539 g/mol. The van der Waals surface area contributed by atoms with Gasteiger partial charge < -0.3 is 42.0 Å². The summed E-state index contributed by atoms with van der Waals surface area (Å²) in [4.78, 5) is 53.4. The summed E-state index contributed by atoms with van der Waals surface area (Å²) in [5, 5.41) is 37.2. The highest BCUT2D eigenvalue weighted by Crippen LogP contribution is 2.19. The second-order valence-electron chi connectivity index (χ2n) is 9.39. The highest BCUT2D eigenvalue weighted by Gasteiger charge is 2.30. The highest BCUT2D eigenvalue weighted by molar-refractivity contribution is 5.94. The molecule has 0 radical (unpaired) electrons. The lowest BCUT2D eigenvalue weighted by atomic mass is 10.0. The van der Waals surface area contributed by atoms with Gasteiger partial charge in [0.2, 0.25) is 17.7 Å². The SMILES string of the molecule is CC(NC(=O)C(Cc1ccc(O)cc1)NC(=O)C(N)C(C)O)C(=O)NC(Cc1c[nH]c2ccccc12)C(=O)O. The van der Waals surface area contributed by atoms with Crippen LogP contribution in [0.2, 0.25) is 0 Å². The van der Waals surface area contributed by atoms with Crippen molar-refractivity contribution in [2.24, 2.45) is 5.73 Å². The normalized spacial score (nSPS) is 15.0. The third-order valence-electron chi connectivity index (χ3n) is 6.30. The molecule has 5 atom stereocenters. The molecule has 39 heavy (non-hydrogen) atoms. The number of nitrogens with two attached hydrogens (primary N) is 1. The average molecular weight is 540 g/mol. The summed E-state index contributed by atoms with van der Waals surface area (Å²) >= 11 is 0. The van der Waals surface area contributed by atoms with E-state index >= 15 is 0 Å². The average Bonchev–Trinajstić information content (AvgIpc) is 3.31. The molecule has 0 aliphatic heterocycles. The number of hydrogen-bond acceptors (Lipinski definition) is 7. The number of carboxylic acids is 1. The standard InChI is InChI=1S/C27H33N5O7/c1-14(24(35)32-22(27(38)39)12-17-13-29-20-6-4-3-5-19(17)20)30-25(36)21(31-26(37)23(28)15(2)33)11-16-7-9-18(34)10-8-16/h3-10,13-15,21-23,29,33-34H,11-12,28H2,1-2H3,(H,30,36)(H,31,37)(H,32,35)(H,38,39). The van der Waals surface area contributed by atoms with E-state index in [1.807, 2.05) is 24.3 Å². The molecule has 0 saturated carbocycles. The van der Waals surface area contributed by atoms with Crippen LogP contribution in [-0.4, -0.2) is 74.3 Å². The fraction of sp³-hybridized carbons (Fsp3) is 0.333. The van der Waals surface area contributed by atoms with Crippen molar-refractivity contribution in [3.05, 3.63) is 65.9 Å². The van der Waals surface area contributed by atoms with Crippen LogP contribution in [-0.2, 0) is 32.0 Å². The number of aliphatic carboxylic acids is 1. The number of fused-ring (bicyclic) bond motifs is 1. The summed E-state index contributed by atoms with van der Waals surface area (Å²) in [7, 11) is 0. The van der Waals surface area contributed by atoms with E-state index in [1.165, 1.54) is 26.0 Å². The molecule has 1 aromatic heterocycles. The van der Waals surface area contributed by atoms with E-state index in [-0.39, 0.29) is 18.6 Å². The molecule has 5 unspecified atom stereocenters. The number of nitrogens with one attached hydrogen (secondary N) is 4. The Bertz CT molecular complexity index is 1320. The third kappa shape index (κ3) is 7.79. The van der Waals surface area contributed by atoms with Gasteiger partial charge in [0.1, 0.15) is 29.9 Å². The summed E-state index contributed by atoms with van der Waals surface area (Å²) < 4.78 is 0. The second kappa shape index (κ2) is 12.9. The molecule has 3 rings (SSSR count). The first-order chi connectivity index (χ1) is 18.5. The van der Waals surface area contributed by atoms with E-state index in [1.54, 1.807) is 18.3 Å². The molecule has 12 heteroatoms. The number of amides is 3. The number of aliphatic hydroxyl groups is 1. The van der Waals surface area contributed by atoms with Crippen LogP contribution in [0.5, 0.6) is 5.75 Å². The van der Waals surface area contributed by atoms with Crippen LogP contribution in [0.3, 0.4) is 0 Å². The van der Waals surface area contributed by atoms with Gasteiger partial charge in [-0.05, 0) is 43.2 Å². The quantitative estimate of drug-likeness (QED) is 0.156. The molecule has 0 fully saturated rings. The van der Waals surface area contributed by atoms with E-state index in [0.717, 1.165) is 10.9 Å². The number of carbonyl (C=O) groups excluding carboxylic acids is 3. The number of H-pyrrole nitrogens is 1. The summed E-state index contributed by atoms with van der Waals surface area (Å²) in [6.07, 6.45) is 0.531. The van der Waals surface area contributed by atoms with Crippen molar-refractivity contribution in [3.63, 3.8) is 0 Å². The van der Waals surface area contributed by atoms with Gasteiger partial charge >= 0.3 is 5.97 Å². The molecule has 2 aromatic carbocycles. The van der Waals surface area contributed by atoms with E-state index in [0.29, 0.717) is 11.1 Å². The Morgan fingerprint density at radius 3 is 2.15 bits per heavy atom. The highest BCUT2D eigenvalue weighted by atomic mass is 16.4. The number of para-hydroxylation sites is 1. The van der Waals surface area contributed by atoms with E-state index < -0.39 is 54.0 Å². The topological polar surface area (TPSA) is 207 Å². The zero-order valence-corrected chi connectivity index (χ0v) is 21.5. The fourth-order valence-electron chi connectivity index (χ4n) is 3.96. The molecular weight excluding hydrogens is 506 g/mol. The Morgan fingerprint density at radius 1 is 0.872 bits per heavy atom. The Kier molecular flexibility index (Phi) is 9.63. The summed E-state index contributed by atoms with van der Waals surface area (Å²) in [6.45, 7) is 2.72.